The molecule has 0 bridgehead atoms. The lowest BCUT2D eigenvalue weighted by atomic mass is 9.81. The minimum Gasteiger partial charge on any atom is -0.126 e. The number of alkyl halides is 1. The predicted octanol–water partition coefficient (Wildman–Crippen LogP) is 4.68. The lowest BCUT2D eigenvalue weighted by Crippen LogP contribution is -2.08. The fraction of sp³-hybridized carbons (Fsp3) is 0.467. The minimum absolute atomic E-state index is 0.733. The largest absolute Gasteiger partial charge is 0.126 e. The topological polar surface area (TPSA) is 0 Å². The number of halogens is 1. The van der Waals surface area contributed by atoms with Gasteiger partial charge in [-0.25, -0.2) is 0 Å². The van der Waals surface area contributed by atoms with Crippen LogP contribution in [0.3, 0.4) is 0 Å². The normalized spacial score (nSPS) is 19.9. The lowest BCUT2D eigenvalue weighted by molar-refractivity contribution is 0.558. The van der Waals surface area contributed by atoms with Crippen molar-refractivity contribution in [1.82, 2.24) is 0 Å². The van der Waals surface area contributed by atoms with Crippen LogP contribution in [-0.2, 0) is 6.42 Å². The summed E-state index contributed by atoms with van der Waals surface area (Å²) < 4.78 is 0. The average Bonchev–Trinajstić information content (AvgIpc) is 2.35. The summed E-state index contributed by atoms with van der Waals surface area (Å²) in [5.74, 6) is 1.47. The van der Waals surface area contributed by atoms with Gasteiger partial charge in [-0.1, -0.05) is 36.4 Å². The van der Waals surface area contributed by atoms with Crippen molar-refractivity contribution < 1.29 is 0 Å². The van der Waals surface area contributed by atoms with Gasteiger partial charge in [-0.3, -0.25) is 0 Å². The minimum atomic E-state index is 0.733. The van der Waals surface area contributed by atoms with E-state index in [2.05, 4.69) is 36.4 Å². The van der Waals surface area contributed by atoms with Crippen LogP contribution < -0.4 is 0 Å². The second-order valence-electron chi connectivity index (χ2n) is 4.47. The van der Waals surface area contributed by atoms with Crippen molar-refractivity contribution in [3.05, 3.63) is 47.5 Å². The SMILES string of the molecule is ClCCC=CCC1CCCc2ccccc21. The van der Waals surface area contributed by atoms with Gasteiger partial charge in [-0.05, 0) is 49.1 Å². The van der Waals surface area contributed by atoms with E-state index in [1.807, 2.05) is 0 Å². The van der Waals surface area contributed by atoms with Gasteiger partial charge in [0, 0.05) is 5.88 Å². The summed E-state index contributed by atoms with van der Waals surface area (Å²) in [6.45, 7) is 0. The highest BCUT2D eigenvalue weighted by atomic mass is 35.5. The summed E-state index contributed by atoms with van der Waals surface area (Å²) in [7, 11) is 0. The first-order chi connectivity index (χ1) is 7.92. The first-order valence-corrected chi connectivity index (χ1v) is 6.74. The molecule has 0 aromatic heterocycles. The molecule has 1 atom stereocenters. The van der Waals surface area contributed by atoms with E-state index >= 15 is 0 Å². The van der Waals surface area contributed by atoms with Crippen LogP contribution >= 0.6 is 11.6 Å². The average molecular weight is 235 g/mol. The third-order valence-electron chi connectivity index (χ3n) is 3.36. The van der Waals surface area contributed by atoms with Crippen LogP contribution in [-0.4, -0.2) is 5.88 Å². The van der Waals surface area contributed by atoms with Crippen LogP contribution in [0.15, 0.2) is 36.4 Å². The van der Waals surface area contributed by atoms with Crippen molar-refractivity contribution in [3.8, 4) is 0 Å². The van der Waals surface area contributed by atoms with E-state index in [9.17, 15) is 0 Å². The lowest BCUT2D eigenvalue weighted by Gasteiger charge is -2.24. The molecule has 0 spiro atoms. The Kier molecular flexibility index (Phi) is 4.47. The molecule has 0 fully saturated rings. The third-order valence-corrected chi connectivity index (χ3v) is 3.57. The molecule has 0 nitrogen and oxygen atoms in total. The molecule has 2 rings (SSSR count). The molecule has 0 radical (unpaired) electrons. The molecule has 1 aromatic rings. The van der Waals surface area contributed by atoms with Gasteiger partial charge in [-0.15, -0.1) is 11.6 Å². The molecule has 0 aliphatic heterocycles. The van der Waals surface area contributed by atoms with E-state index in [0.717, 1.165) is 18.2 Å². The van der Waals surface area contributed by atoms with Crippen LogP contribution in [0.1, 0.15) is 42.7 Å². The van der Waals surface area contributed by atoms with Crippen molar-refractivity contribution in [2.24, 2.45) is 0 Å². The Hall–Kier alpha value is -0.750. The number of hydrogen-bond acceptors (Lipinski definition) is 0. The van der Waals surface area contributed by atoms with Gasteiger partial charge in [0.2, 0.25) is 0 Å². The molecular formula is C15H19Cl. The van der Waals surface area contributed by atoms with Gasteiger partial charge in [0.15, 0.2) is 0 Å². The molecular weight excluding hydrogens is 216 g/mol. The zero-order valence-corrected chi connectivity index (χ0v) is 10.4. The summed E-state index contributed by atoms with van der Waals surface area (Å²) in [5, 5.41) is 0. The first kappa shape index (κ1) is 11.7. The standard InChI is InChI=1S/C15H19Cl/c16-12-5-1-2-7-13-9-6-10-14-8-3-4-11-15(13)14/h1-4,8,11,13H,5-7,9-10,12H2. The van der Waals surface area contributed by atoms with Crippen molar-refractivity contribution >= 4 is 11.6 Å². The van der Waals surface area contributed by atoms with Crippen LogP contribution in [0.2, 0.25) is 0 Å². The molecule has 1 unspecified atom stereocenters. The van der Waals surface area contributed by atoms with Gasteiger partial charge in [0.25, 0.3) is 0 Å². The molecule has 0 saturated carbocycles. The molecule has 0 saturated heterocycles. The second-order valence-corrected chi connectivity index (χ2v) is 4.85. The molecule has 1 aliphatic carbocycles. The van der Waals surface area contributed by atoms with Crippen LogP contribution in [0.5, 0.6) is 0 Å². The molecule has 0 heterocycles. The van der Waals surface area contributed by atoms with E-state index in [1.54, 1.807) is 11.1 Å². The summed E-state index contributed by atoms with van der Waals surface area (Å²) in [6, 6.07) is 8.91. The smallest absolute Gasteiger partial charge is 0.0257 e. The Morgan fingerprint density at radius 3 is 3.00 bits per heavy atom. The van der Waals surface area contributed by atoms with Crippen LogP contribution in [0.4, 0.5) is 0 Å². The number of allylic oxidation sites excluding steroid dienone is 2. The Morgan fingerprint density at radius 1 is 1.25 bits per heavy atom. The summed E-state index contributed by atoms with van der Waals surface area (Å²) >= 11 is 5.65. The Bertz CT molecular complexity index is 354. The quantitative estimate of drug-likeness (QED) is 0.524. The number of rotatable bonds is 4. The zero-order chi connectivity index (χ0) is 11.2. The van der Waals surface area contributed by atoms with Crippen LogP contribution in [0, 0.1) is 0 Å². The van der Waals surface area contributed by atoms with Crippen molar-refractivity contribution in [1.29, 1.82) is 0 Å². The van der Waals surface area contributed by atoms with Gasteiger partial charge < -0.3 is 0 Å². The molecule has 1 aliphatic rings. The predicted molar refractivity (Wildman–Crippen MR) is 71.2 cm³/mol. The maximum absolute atomic E-state index is 5.65. The van der Waals surface area contributed by atoms with Crippen LogP contribution in [0.25, 0.3) is 0 Å². The number of benzene rings is 1. The molecule has 1 aromatic carbocycles. The molecule has 0 amide bonds. The third kappa shape index (κ3) is 2.89. The number of aryl methyl sites for hydroxylation is 1. The Balaban J connectivity index is 2.01. The van der Waals surface area contributed by atoms with Gasteiger partial charge in [0.05, 0.1) is 0 Å². The monoisotopic (exact) mass is 234 g/mol. The van der Waals surface area contributed by atoms with E-state index in [4.69, 9.17) is 11.6 Å². The summed E-state index contributed by atoms with van der Waals surface area (Å²) in [5.41, 5.74) is 3.13. The fourth-order valence-corrected chi connectivity index (χ4v) is 2.67. The van der Waals surface area contributed by atoms with Crippen molar-refractivity contribution in [3.63, 3.8) is 0 Å². The first-order valence-electron chi connectivity index (χ1n) is 6.20. The summed E-state index contributed by atoms with van der Waals surface area (Å²) in [6.07, 6.45) is 10.6. The highest BCUT2D eigenvalue weighted by Crippen LogP contribution is 2.33. The maximum atomic E-state index is 5.65. The van der Waals surface area contributed by atoms with E-state index in [0.29, 0.717) is 0 Å². The molecule has 16 heavy (non-hydrogen) atoms. The second kappa shape index (κ2) is 6.10. The van der Waals surface area contributed by atoms with Gasteiger partial charge in [-0.2, -0.15) is 0 Å². The van der Waals surface area contributed by atoms with E-state index in [-0.39, 0.29) is 0 Å². The van der Waals surface area contributed by atoms with E-state index < -0.39 is 0 Å². The van der Waals surface area contributed by atoms with Crippen molar-refractivity contribution in [2.75, 3.05) is 5.88 Å². The van der Waals surface area contributed by atoms with E-state index in [1.165, 1.54) is 25.7 Å². The Morgan fingerprint density at radius 2 is 2.12 bits per heavy atom. The van der Waals surface area contributed by atoms with Gasteiger partial charge in [0.1, 0.15) is 0 Å². The molecule has 1 heteroatoms. The Labute approximate surface area is 103 Å². The number of hydrogen-bond donors (Lipinski definition) is 0. The molecule has 0 N–H and O–H groups in total. The van der Waals surface area contributed by atoms with Gasteiger partial charge >= 0.3 is 0 Å². The zero-order valence-electron chi connectivity index (χ0n) is 9.66. The highest BCUT2D eigenvalue weighted by Gasteiger charge is 2.17. The van der Waals surface area contributed by atoms with Crippen molar-refractivity contribution in [2.45, 2.75) is 38.0 Å². The summed E-state index contributed by atoms with van der Waals surface area (Å²) in [4.78, 5) is 0. The molecule has 86 valence electrons. The fourth-order valence-electron chi connectivity index (χ4n) is 2.54. The maximum Gasteiger partial charge on any atom is 0.0257 e. The number of fused-ring (bicyclic) bond motifs is 1. The highest BCUT2D eigenvalue weighted by molar-refractivity contribution is 6.17.